The van der Waals surface area contributed by atoms with Crippen molar-refractivity contribution in [2.75, 3.05) is 0 Å². The molecule has 2 rings (SSSR count). The molecule has 0 aliphatic rings. The molecule has 0 spiro atoms. The predicted octanol–water partition coefficient (Wildman–Crippen LogP) is 1.56. The summed E-state index contributed by atoms with van der Waals surface area (Å²) in [6.45, 7) is 0. The van der Waals surface area contributed by atoms with Gasteiger partial charge >= 0.3 is 0 Å². The molecule has 2 nitrogen and oxygen atoms in total. The molecule has 0 atom stereocenters. The van der Waals surface area contributed by atoms with Crippen molar-refractivity contribution in [3.63, 3.8) is 0 Å². The van der Waals surface area contributed by atoms with Crippen molar-refractivity contribution in [2.24, 2.45) is 0 Å². The number of nitrogens with one attached hydrogen (secondary N) is 1. The number of para-hydroxylation sites is 1. The van der Waals surface area contributed by atoms with E-state index in [1.807, 2.05) is 30.5 Å². The van der Waals surface area contributed by atoms with E-state index >= 15 is 0 Å². The summed E-state index contributed by atoms with van der Waals surface area (Å²) in [5, 5.41) is 7.91. The Morgan fingerprint density at radius 1 is 1.20 bits per heavy atom. The number of nitrogens with zero attached hydrogens (tertiary/aromatic N) is 1. The predicted molar refractivity (Wildman–Crippen MR) is 36.1 cm³/mol. The van der Waals surface area contributed by atoms with Crippen molar-refractivity contribution in [3.05, 3.63) is 30.5 Å². The molecule has 0 unspecified atom stereocenters. The van der Waals surface area contributed by atoms with Gasteiger partial charge in [-0.2, -0.15) is 5.10 Å². The maximum absolute atomic E-state index is 3.88. The number of H-pyrrole nitrogens is 1. The average Bonchev–Trinajstić information content (AvgIpc) is 2.33. The first-order valence-corrected chi connectivity index (χ1v) is 2.85. The molecule has 0 bridgehead atoms. The molecule has 0 amide bonds. The van der Waals surface area contributed by atoms with Gasteiger partial charge in [-0.15, -0.1) is 0 Å². The van der Waals surface area contributed by atoms with Crippen LogP contribution in [0, 0.1) is 49.4 Å². The first-order chi connectivity index (χ1) is 4.47. The molecule has 0 saturated heterocycles. The molecule has 1 heterocycles. The van der Waals surface area contributed by atoms with Gasteiger partial charge in [-0.3, -0.25) is 5.10 Å². The molecule has 1 aromatic carbocycles. The molecule has 2 aromatic rings. The van der Waals surface area contributed by atoms with Crippen LogP contribution in [-0.2, 0) is 0 Å². The van der Waals surface area contributed by atoms with Gasteiger partial charge in [-0.1, -0.05) is 18.2 Å². The SMILES string of the molecule is [Eu].c1ccc2[nH]ncc2c1. The number of aromatic nitrogens is 2. The average molecular weight is 270 g/mol. The smallest absolute Gasteiger partial charge is 0.0650 e. The number of fused-ring (bicyclic) bond motifs is 1. The molecule has 0 saturated carbocycles. The third-order valence-electron chi connectivity index (χ3n) is 1.35. The fraction of sp³-hybridized carbons (Fsp3) is 0. The van der Waals surface area contributed by atoms with Gasteiger partial charge in [0.05, 0.1) is 11.7 Å². The van der Waals surface area contributed by atoms with Crippen LogP contribution in [0.3, 0.4) is 0 Å². The first-order valence-electron chi connectivity index (χ1n) is 2.85. The van der Waals surface area contributed by atoms with Crippen LogP contribution in [0.25, 0.3) is 10.9 Å². The van der Waals surface area contributed by atoms with Crippen molar-refractivity contribution in [2.45, 2.75) is 0 Å². The van der Waals surface area contributed by atoms with Crippen molar-refractivity contribution in [1.82, 2.24) is 10.2 Å². The third kappa shape index (κ3) is 1.47. The van der Waals surface area contributed by atoms with Gasteiger partial charge in [-0.25, -0.2) is 0 Å². The van der Waals surface area contributed by atoms with Crippen LogP contribution in [0.5, 0.6) is 0 Å². The van der Waals surface area contributed by atoms with Crippen LogP contribution in [-0.4, -0.2) is 10.2 Å². The van der Waals surface area contributed by atoms with Crippen LogP contribution in [0.15, 0.2) is 30.5 Å². The zero-order valence-corrected chi connectivity index (χ0v) is 7.64. The summed E-state index contributed by atoms with van der Waals surface area (Å²) in [5.41, 5.74) is 1.09. The van der Waals surface area contributed by atoms with Gasteiger partial charge in [0.15, 0.2) is 0 Å². The van der Waals surface area contributed by atoms with E-state index in [0.717, 1.165) is 10.9 Å². The standard InChI is InChI=1S/C7H6N2.Eu/c1-2-4-7-6(3-1)5-8-9-7;/h1-5H,(H,8,9);. The minimum atomic E-state index is 0. The molecule has 1 aromatic heterocycles. The molecule has 51 valence electrons. The summed E-state index contributed by atoms with van der Waals surface area (Å²) in [6, 6.07) is 8.01. The van der Waals surface area contributed by atoms with Crippen molar-refractivity contribution in [3.8, 4) is 0 Å². The Kier molecular flexibility index (Phi) is 3.02. The summed E-state index contributed by atoms with van der Waals surface area (Å²) in [6.07, 6.45) is 1.81. The largest absolute Gasteiger partial charge is 0.278 e. The van der Waals surface area contributed by atoms with E-state index in [0.29, 0.717) is 0 Å². The molecule has 0 aliphatic carbocycles. The van der Waals surface area contributed by atoms with Gasteiger partial charge < -0.3 is 0 Å². The third-order valence-corrected chi connectivity index (χ3v) is 1.35. The van der Waals surface area contributed by atoms with E-state index < -0.39 is 0 Å². The fourth-order valence-electron chi connectivity index (χ4n) is 0.883. The number of rotatable bonds is 0. The summed E-state index contributed by atoms with van der Waals surface area (Å²) >= 11 is 0. The van der Waals surface area contributed by atoms with Gasteiger partial charge in [0.1, 0.15) is 0 Å². The number of aromatic amines is 1. The Bertz CT molecular complexity index is 286. The Morgan fingerprint density at radius 3 is 2.80 bits per heavy atom. The minimum absolute atomic E-state index is 0. The molecule has 3 heteroatoms. The second-order valence-corrected chi connectivity index (χ2v) is 1.96. The number of benzene rings is 1. The van der Waals surface area contributed by atoms with Crippen molar-refractivity contribution >= 4 is 10.9 Å². The zero-order valence-electron chi connectivity index (χ0n) is 5.21. The molecule has 0 fully saturated rings. The Balaban J connectivity index is 0.000000500. The van der Waals surface area contributed by atoms with Crippen LogP contribution >= 0.6 is 0 Å². The minimum Gasteiger partial charge on any atom is -0.278 e. The monoisotopic (exact) mass is 271 g/mol. The summed E-state index contributed by atoms with van der Waals surface area (Å²) in [5.74, 6) is 0. The van der Waals surface area contributed by atoms with Crippen LogP contribution in [0.1, 0.15) is 0 Å². The van der Waals surface area contributed by atoms with Crippen molar-refractivity contribution in [1.29, 1.82) is 0 Å². The Labute approximate surface area is 99.6 Å². The molecule has 1 radical (unpaired) electrons. The Morgan fingerprint density at radius 2 is 2.00 bits per heavy atom. The van der Waals surface area contributed by atoms with Gasteiger partial charge in [0.25, 0.3) is 0 Å². The van der Waals surface area contributed by atoms with E-state index in [9.17, 15) is 0 Å². The summed E-state index contributed by atoms with van der Waals surface area (Å²) in [4.78, 5) is 0. The number of hydrogen-bond donors (Lipinski definition) is 1. The van der Waals surface area contributed by atoms with E-state index in [2.05, 4.69) is 10.2 Å². The van der Waals surface area contributed by atoms with Crippen LogP contribution in [0.2, 0.25) is 0 Å². The van der Waals surface area contributed by atoms with Crippen LogP contribution in [0.4, 0.5) is 0 Å². The van der Waals surface area contributed by atoms with E-state index in [-0.39, 0.29) is 49.4 Å². The van der Waals surface area contributed by atoms with Gasteiger partial charge in [0.2, 0.25) is 0 Å². The maximum atomic E-state index is 3.88. The van der Waals surface area contributed by atoms with E-state index in [4.69, 9.17) is 0 Å². The van der Waals surface area contributed by atoms with Gasteiger partial charge in [0, 0.05) is 54.8 Å². The quantitative estimate of drug-likeness (QED) is 0.773. The zero-order chi connectivity index (χ0) is 6.10. The molecule has 1 N–H and O–H groups in total. The van der Waals surface area contributed by atoms with Crippen molar-refractivity contribution < 1.29 is 49.4 Å². The second-order valence-electron chi connectivity index (χ2n) is 1.96. The van der Waals surface area contributed by atoms with Gasteiger partial charge in [-0.05, 0) is 6.07 Å². The van der Waals surface area contributed by atoms with E-state index in [1.165, 1.54) is 0 Å². The topological polar surface area (TPSA) is 28.7 Å². The second kappa shape index (κ2) is 3.60. The normalized spacial score (nSPS) is 9.20. The number of hydrogen-bond acceptors (Lipinski definition) is 1. The van der Waals surface area contributed by atoms with E-state index in [1.54, 1.807) is 0 Å². The Hall–Kier alpha value is 0.274. The summed E-state index contributed by atoms with van der Waals surface area (Å²) in [7, 11) is 0. The maximum Gasteiger partial charge on any atom is 0.0650 e. The molecular formula is C7H6EuN2. The van der Waals surface area contributed by atoms with Crippen LogP contribution < -0.4 is 0 Å². The molecular weight excluding hydrogens is 264 g/mol. The molecule has 0 aliphatic heterocycles. The first kappa shape index (κ1) is 8.37. The molecule has 10 heavy (non-hydrogen) atoms. The fourth-order valence-corrected chi connectivity index (χ4v) is 0.883. The summed E-state index contributed by atoms with van der Waals surface area (Å²) < 4.78 is 0.